The van der Waals surface area contributed by atoms with Crippen LogP contribution in [-0.4, -0.2) is 18.3 Å². The summed E-state index contributed by atoms with van der Waals surface area (Å²) in [6.07, 6.45) is -9.13. The second-order valence-electron chi connectivity index (χ2n) is 3.34. The smallest absolute Gasteiger partial charge is 0.258 e. The van der Waals surface area contributed by atoms with Crippen molar-refractivity contribution in [3.63, 3.8) is 0 Å². The summed E-state index contributed by atoms with van der Waals surface area (Å²) in [4.78, 5) is 9.69. The molecule has 0 unspecified atom stereocenters. The lowest BCUT2D eigenvalue weighted by Crippen LogP contribution is -2.20. The number of nitrogens with zero attached hydrogens (tertiary/aromatic N) is 2. The zero-order chi connectivity index (χ0) is 15.9. The van der Waals surface area contributed by atoms with Gasteiger partial charge in [-0.1, -0.05) is 0 Å². The van der Waals surface area contributed by atoms with Crippen LogP contribution in [0.25, 0.3) is 0 Å². The van der Waals surface area contributed by atoms with Gasteiger partial charge in [0.25, 0.3) is 6.43 Å². The Bertz CT molecular complexity index is 657. The Labute approximate surface area is 107 Å². The highest BCUT2D eigenvalue weighted by atomic mass is 32.2. The second kappa shape index (κ2) is 4.90. The van der Waals surface area contributed by atoms with E-state index in [2.05, 4.69) is 10.1 Å². The van der Waals surface area contributed by atoms with Crippen molar-refractivity contribution < 1.29 is 35.3 Å². The molecule has 0 aliphatic carbocycles. The van der Waals surface area contributed by atoms with Gasteiger partial charge in [-0.05, 0) is 0 Å². The third-order valence-corrected chi connectivity index (χ3v) is 2.91. The quantitative estimate of drug-likeness (QED) is 0.515. The lowest BCUT2D eigenvalue weighted by Gasteiger charge is -2.11. The maximum Gasteiger partial charge on any atom is 0.440 e. The first kappa shape index (κ1) is 16.2. The average Bonchev–Trinajstić information content (AvgIpc) is 2.24. The van der Waals surface area contributed by atoms with Crippen LogP contribution in [0.5, 0.6) is 0 Å². The van der Waals surface area contributed by atoms with Crippen molar-refractivity contribution in [3.05, 3.63) is 27.6 Å². The molecule has 0 saturated carbocycles. The Morgan fingerprint density at radius 2 is 1.85 bits per heavy atom. The SMILES string of the molecule is NS(=O)(=O)c1cc([N+](=O)[O-])c(C(F)(F)F)nc1C(F)F. The van der Waals surface area contributed by atoms with E-state index in [-0.39, 0.29) is 6.07 Å². The highest BCUT2D eigenvalue weighted by molar-refractivity contribution is 7.89. The largest absolute Gasteiger partial charge is 0.440 e. The number of hydrogen-bond donors (Lipinski definition) is 1. The van der Waals surface area contributed by atoms with Crippen molar-refractivity contribution in [3.8, 4) is 0 Å². The molecule has 0 atom stereocenters. The molecule has 0 fully saturated rings. The Balaban J connectivity index is 3.84. The van der Waals surface area contributed by atoms with Crippen LogP contribution < -0.4 is 5.14 Å². The monoisotopic (exact) mass is 321 g/mol. The molecule has 2 N–H and O–H groups in total. The van der Waals surface area contributed by atoms with E-state index in [4.69, 9.17) is 0 Å². The highest BCUT2D eigenvalue weighted by Gasteiger charge is 2.43. The molecule has 1 heterocycles. The number of aromatic nitrogens is 1. The van der Waals surface area contributed by atoms with Gasteiger partial charge >= 0.3 is 11.9 Å². The van der Waals surface area contributed by atoms with Crippen molar-refractivity contribution in [2.24, 2.45) is 5.14 Å². The zero-order valence-electron chi connectivity index (χ0n) is 9.06. The van der Waals surface area contributed by atoms with Gasteiger partial charge in [0, 0.05) is 6.07 Å². The van der Waals surface area contributed by atoms with Crippen LogP contribution in [0, 0.1) is 10.1 Å². The third kappa shape index (κ3) is 3.16. The molecule has 7 nitrogen and oxygen atoms in total. The van der Waals surface area contributed by atoms with Crippen molar-refractivity contribution in [2.75, 3.05) is 0 Å². The molecule has 0 saturated heterocycles. The summed E-state index contributed by atoms with van der Waals surface area (Å²) < 4.78 is 84.5. The average molecular weight is 321 g/mol. The number of sulfonamides is 1. The first-order valence-corrected chi connectivity index (χ1v) is 5.97. The van der Waals surface area contributed by atoms with Crippen molar-refractivity contribution in [1.29, 1.82) is 0 Å². The highest BCUT2D eigenvalue weighted by Crippen LogP contribution is 2.38. The molecule has 1 aromatic rings. The number of nitrogens with two attached hydrogens (primary N) is 1. The molecule has 0 aliphatic heterocycles. The predicted octanol–water partition coefficient (Wildman–Crippen LogP) is 1.59. The van der Waals surface area contributed by atoms with Crippen LogP contribution in [0.2, 0.25) is 0 Å². The number of primary sulfonamides is 1. The minimum absolute atomic E-state index is 0.188. The fourth-order valence-electron chi connectivity index (χ4n) is 1.23. The van der Waals surface area contributed by atoms with Gasteiger partial charge in [0.2, 0.25) is 15.7 Å². The minimum Gasteiger partial charge on any atom is -0.258 e. The summed E-state index contributed by atoms with van der Waals surface area (Å²) in [5.41, 5.74) is -5.82. The molecule has 0 aliphatic rings. The van der Waals surface area contributed by atoms with E-state index in [1.807, 2.05) is 0 Å². The zero-order valence-corrected chi connectivity index (χ0v) is 9.87. The normalized spacial score (nSPS) is 12.8. The van der Waals surface area contributed by atoms with E-state index in [1.165, 1.54) is 0 Å². The predicted molar refractivity (Wildman–Crippen MR) is 52.2 cm³/mol. The molecule has 0 bridgehead atoms. The van der Waals surface area contributed by atoms with E-state index in [0.29, 0.717) is 0 Å². The summed E-state index contributed by atoms with van der Waals surface area (Å²) in [5, 5.41) is 15.0. The van der Waals surface area contributed by atoms with Gasteiger partial charge in [0.15, 0.2) is 0 Å². The molecular formula is C7H4F5N3O4S. The second-order valence-corrected chi connectivity index (χ2v) is 4.87. The van der Waals surface area contributed by atoms with Gasteiger partial charge < -0.3 is 0 Å². The molecule has 20 heavy (non-hydrogen) atoms. The van der Waals surface area contributed by atoms with E-state index >= 15 is 0 Å². The van der Waals surface area contributed by atoms with Gasteiger partial charge in [-0.3, -0.25) is 10.1 Å². The Morgan fingerprint density at radius 1 is 1.35 bits per heavy atom. The van der Waals surface area contributed by atoms with Gasteiger partial charge in [0.1, 0.15) is 10.6 Å². The summed E-state index contributed by atoms with van der Waals surface area (Å²) in [7, 11) is -4.91. The van der Waals surface area contributed by atoms with Gasteiger partial charge in [0.05, 0.1) is 4.92 Å². The van der Waals surface area contributed by atoms with Crippen LogP contribution in [0.3, 0.4) is 0 Å². The molecule has 0 radical (unpaired) electrons. The fraction of sp³-hybridized carbons (Fsp3) is 0.286. The van der Waals surface area contributed by atoms with E-state index in [1.54, 1.807) is 0 Å². The van der Waals surface area contributed by atoms with Gasteiger partial charge in [-0.2, -0.15) is 13.2 Å². The Kier molecular flexibility index (Phi) is 3.96. The first-order chi connectivity index (χ1) is 8.85. The number of halogens is 5. The summed E-state index contributed by atoms with van der Waals surface area (Å²) in [6.45, 7) is 0. The summed E-state index contributed by atoms with van der Waals surface area (Å²) >= 11 is 0. The van der Waals surface area contributed by atoms with Crippen LogP contribution in [-0.2, 0) is 16.2 Å². The van der Waals surface area contributed by atoms with Crippen LogP contribution in [0.1, 0.15) is 17.8 Å². The maximum atomic E-state index is 12.5. The molecular weight excluding hydrogens is 317 g/mol. The maximum absolute atomic E-state index is 12.5. The van der Waals surface area contributed by atoms with Gasteiger partial charge in [-0.25, -0.2) is 27.3 Å². The lowest BCUT2D eigenvalue weighted by molar-refractivity contribution is -0.388. The lowest BCUT2D eigenvalue weighted by atomic mass is 10.2. The van der Waals surface area contributed by atoms with Crippen molar-refractivity contribution >= 4 is 15.7 Å². The molecule has 0 amide bonds. The molecule has 0 aromatic carbocycles. The summed E-state index contributed by atoms with van der Waals surface area (Å²) in [6, 6.07) is -0.188. The van der Waals surface area contributed by atoms with Crippen LogP contribution >= 0.6 is 0 Å². The standard InChI is InChI=1S/C7H4F5N3O4S/c8-6(9)4-3(20(13,18)19)1-2(15(16)17)5(14-4)7(10,11)12/h1,6H,(H2,13,18,19). The van der Waals surface area contributed by atoms with Crippen molar-refractivity contribution in [1.82, 2.24) is 4.98 Å². The molecule has 1 rings (SSSR count). The number of nitro groups is 1. The molecule has 13 heteroatoms. The number of alkyl halides is 5. The number of hydrogen-bond acceptors (Lipinski definition) is 5. The number of rotatable bonds is 3. The van der Waals surface area contributed by atoms with E-state index in [0.717, 1.165) is 0 Å². The molecule has 0 spiro atoms. The van der Waals surface area contributed by atoms with Crippen molar-refractivity contribution in [2.45, 2.75) is 17.5 Å². The minimum atomic E-state index is -5.41. The Hall–Kier alpha value is -1.89. The third-order valence-electron chi connectivity index (χ3n) is 1.97. The van der Waals surface area contributed by atoms with E-state index < -0.39 is 49.5 Å². The summed E-state index contributed by atoms with van der Waals surface area (Å²) in [5.74, 6) is 0. The van der Waals surface area contributed by atoms with Crippen LogP contribution in [0.15, 0.2) is 11.0 Å². The fourth-order valence-corrected chi connectivity index (χ4v) is 1.93. The Morgan fingerprint density at radius 3 is 2.15 bits per heavy atom. The van der Waals surface area contributed by atoms with Crippen LogP contribution in [0.4, 0.5) is 27.6 Å². The van der Waals surface area contributed by atoms with E-state index in [9.17, 15) is 40.5 Å². The number of pyridine rings is 1. The molecule has 1 aromatic heterocycles. The first-order valence-electron chi connectivity index (χ1n) is 4.43. The molecule has 112 valence electrons. The topological polar surface area (TPSA) is 116 Å². The van der Waals surface area contributed by atoms with Gasteiger partial charge in [-0.15, -0.1) is 0 Å².